The Kier molecular flexibility index (Phi) is 6.30. The first-order valence-corrected chi connectivity index (χ1v) is 13.9. The summed E-state index contributed by atoms with van der Waals surface area (Å²) in [5.41, 5.74) is 5.00. The highest BCUT2D eigenvalue weighted by molar-refractivity contribution is 7.89. The highest BCUT2D eigenvalue weighted by atomic mass is 32.2. The molecular weight excluding hydrogens is 490 g/mol. The SMILES string of the molecule is COc1cc2c(cc1OC)C1CC(=NNS(=O)(=O)c3ccc(C)cc3)C3=C(CC(C)(C)CC3=O)N1CC2. The van der Waals surface area contributed by atoms with Crippen LogP contribution in [0.25, 0.3) is 0 Å². The van der Waals surface area contributed by atoms with Gasteiger partial charge >= 0.3 is 0 Å². The van der Waals surface area contributed by atoms with Gasteiger partial charge in [0.1, 0.15) is 0 Å². The van der Waals surface area contributed by atoms with Gasteiger partial charge in [0.15, 0.2) is 17.3 Å². The van der Waals surface area contributed by atoms with Crippen molar-refractivity contribution in [1.82, 2.24) is 9.73 Å². The summed E-state index contributed by atoms with van der Waals surface area (Å²) in [5, 5.41) is 4.39. The average molecular weight is 524 g/mol. The van der Waals surface area contributed by atoms with Gasteiger partial charge in [-0.25, -0.2) is 0 Å². The first kappa shape index (κ1) is 25.3. The number of allylic oxidation sites excluding steroid dienone is 2. The van der Waals surface area contributed by atoms with Crippen molar-refractivity contribution >= 4 is 21.5 Å². The van der Waals surface area contributed by atoms with E-state index < -0.39 is 10.0 Å². The predicted molar refractivity (Wildman–Crippen MR) is 141 cm³/mol. The summed E-state index contributed by atoms with van der Waals surface area (Å²) in [7, 11) is -0.650. The van der Waals surface area contributed by atoms with E-state index in [4.69, 9.17) is 9.47 Å². The van der Waals surface area contributed by atoms with Gasteiger partial charge < -0.3 is 14.4 Å². The molecule has 1 atom stereocenters. The summed E-state index contributed by atoms with van der Waals surface area (Å²) < 4.78 is 37.1. The Morgan fingerprint density at radius 3 is 2.41 bits per heavy atom. The standard InChI is InChI=1S/C28H33N3O5S/c1-17-6-8-19(9-7-17)37(33,34)30-29-21-14-22-20-13-26(36-5)25(35-4)12-18(20)10-11-31(22)23-15-28(2,3)16-24(32)27(21)23/h6-9,12-13,22,30H,10-11,14-16H2,1-5H3. The number of sulfonamides is 1. The Morgan fingerprint density at radius 2 is 1.73 bits per heavy atom. The van der Waals surface area contributed by atoms with Crippen LogP contribution in [0.4, 0.5) is 0 Å². The van der Waals surface area contributed by atoms with Gasteiger partial charge in [0.05, 0.1) is 36.4 Å². The molecule has 9 heteroatoms. The molecule has 2 aliphatic heterocycles. The van der Waals surface area contributed by atoms with E-state index in [1.807, 2.05) is 19.1 Å². The zero-order valence-electron chi connectivity index (χ0n) is 21.9. The molecule has 0 fully saturated rings. The van der Waals surface area contributed by atoms with Crippen LogP contribution < -0.4 is 14.3 Å². The topological polar surface area (TPSA) is 97.3 Å². The van der Waals surface area contributed by atoms with Crippen molar-refractivity contribution in [3.05, 3.63) is 64.4 Å². The van der Waals surface area contributed by atoms with Crippen molar-refractivity contribution in [3.8, 4) is 11.5 Å². The first-order chi connectivity index (χ1) is 17.5. The third-order valence-corrected chi connectivity index (χ3v) is 8.73. The molecule has 8 nitrogen and oxygen atoms in total. The first-order valence-electron chi connectivity index (χ1n) is 12.5. The highest BCUT2D eigenvalue weighted by Gasteiger charge is 2.44. The molecule has 2 aromatic rings. The van der Waals surface area contributed by atoms with Crippen molar-refractivity contribution in [2.24, 2.45) is 10.5 Å². The Balaban J connectivity index is 1.59. The van der Waals surface area contributed by atoms with Crippen LogP contribution in [0.1, 0.15) is 55.8 Å². The van der Waals surface area contributed by atoms with Crippen LogP contribution in [0.2, 0.25) is 0 Å². The number of ether oxygens (including phenoxy) is 2. The van der Waals surface area contributed by atoms with Gasteiger partial charge in [-0.1, -0.05) is 31.5 Å². The maximum Gasteiger partial charge on any atom is 0.276 e. The number of nitrogens with zero attached hydrogens (tertiary/aromatic N) is 2. The van der Waals surface area contributed by atoms with Gasteiger partial charge in [-0.3, -0.25) is 4.79 Å². The van der Waals surface area contributed by atoms with E-state index in [0.717, 1.165) is 41.8 Å². The van der Waals surface area contributed by atoms with E-state index >= 15 is 0 Å². The van der Waals surface area contributed by atoms with Crippen LogP contribution in [0, 0.1) is 12.3 Å². The second-order valence-electron chi connectivity index (χ2n) is 10.8. The number of benzene rings is 2. The fourth-order valence-corrected chi connectivity index (χ4v) is 6.53. The van der Waals surface area contributed by atoms with Crippen LogP contribution in [-0.2, 0) is 21.2 Å². The molecule has 1 unspecified atom stereocenters. The number of ketones is 1. The average Bonchev–Trinajstić information content (AvgIpc) is 2.85. The highest BCUT2D eigenvalue weighted by Crippen LogP contribution is 2.49. The third kappa shape index (κ3) is 4.61. The van der Waals surface area contributed by atoms with Gasteiger partial charge in [-0.2, -0.15) is 18.4 Å². The quantitative estimate of drug-likeness (QED) is 0.587. The summed E-state index contributed by atoms with van der Waals surface area (Å²) in [4.78, 5) is 18.3. The van der Waals surface area contributed by atoms with Gasteiger partial charge in [-0.05, 0) is 60.6 Å². The molecule has 2 aromatic carbocycles. The van der Waals surface area contributed by atoms with Crippen LogP contribution in [0.5, 0.6) is 11.5 Å². The zero-order chi connectivity index (χ0) is 26.5. The van der Waals surface area contributed by atoms with E-state index in [0.29, 0.717) is 35.6 Å². The monoisotopic (exact) mass is 523 g/mol. The molecule has 37 heavy (non-hydrogen) atoms. The number of methoxy groups -OCH3 is 2. The lowest BCUT2D eigenvalue weighted by atomic mass is 9.71. The van der Waals surface area contributed by atoms with Crippen molar-refractivity contribution in [3.63, 3.8) is 0 Å². The molecule has 196 valence electrons. The van der Waals surface area contributed by atoms with Crippen molar-refractivity contribution in [2.45, 2.75) is 57.4 Å². The Labute approximate surface area is 218 Å². The third-order valence-electron chi connectivity index (χ3n) is 7.51. The van der Waals surface area contributed by atoms with Crippen molar-refractivity contribution in [1.29, 1.82) is 0 Å². The lowest BCUT2D eigenvalue weighted by Crippen LogP contribution is -2.46. The molecule has 1 aliphatic carbocycles. The van der Waals surface area contributed by atoms with E-state index in [2.05, 4.69) is 28.7 Å². The number of carbonyl (C=O) groups excluding carboxylic acids is 1. The minimum atomic E-state index is -3.89. The van der Waals surface area contributed by atoms with E-state index in [1.165, 1.54) is 0 Å². The molecule has 0 saturated carbocycles. The van der Waals surface area contributed by atoms with Crippen molar-refractivity contribution in [2.75, 3.05) is 20.8 Å². The molecule has 0 bridgehead atoms. The Bertz CT molecular complexity index is 1420. The zero-order valence-corrected chi connectivity index (χ0v) is 22.7. The van der Waals surface area contributed by atoms with E-state index in [-0.39, 0.29) is 22.1 Å². The molecule has 3 aliphatic rings. The second-order valence-corrected chi connectivity index (χ2v) is 12.5. The molecule has 0 amide bonds. The number of rotatable bonds is 5. The maximum absolute atomic E-state index is 13.4. The Hall–Kier alpha value is -3.33. The fourth-order valence-electron chi connectivity index (χ4n) is 5.70. The molecule has 0 spiro atoms. The summed E-state index contributed by atoms with van der Waals surface area (Å²) >= 11 is 0. The largest absolute Gasteiger partial charge is 0.493 e. The lowest BCUT2D eigenvalue weighted by molar-refractivity contribution is -0.118. The van der Waals surface area contributed by atoms with Gasteiger partial charge in [-0.15, -0.1) is 0 Å². The number of hydrogen-bond acceptors (Lipinski definition) is 7. The van der Waals surface area contributed by atoms with E-state index in [1.54, 1.807) is 38.5 Å². The number of fused-ring (bicyclic) bond motifs is 4. The number of hydrazone groups is 1. The van der Waals surface area contributed by atoms with E-state index in [9.17, 15) is 13.2 Å². The van der Waals surface area contributed by atoms with Gasteiger partial charge in [0, 0.05) is 25.1 Å². The number of aryl methyl sites for hydroxylation is 1. The number of Topliss-reactive ketones (excluding diaryl/α,β-unsaturated/α-hetero) is 1. The molecule has 0 saturated heterocycles. The Morgan fingerprint density at radius 1 is 1.05 bits per heavy atom. The number of hydrogen-bond donors (Lipinski definition) is 1. The summed E-state index contributed by atoms with van der Waals surface area (Å²) in [6, 6.07) is 10.5. The fraction of sp³-hybridized carbons (Fsp3) is 0.429. The molecular formula is C28H33N3O5S. The van der Waals surface area contributed by atoms with Crippen molar-refractivity contribution < 1.29 is 22.7 Å². The minimum absolute atomic E-state index is 0.0103. The van der Waals surface area contributed by atoms with Gasteiger partial charge in [0.25, 0.3) is 10.0 Å². The number of carbonyl (C=O) groups is 1. The summed E-state index contributed by atoms with van der Waals surface area (Å²) in [5.74, 6) is 1.33. The molecule has 0 aromatic heterocycles. The van der Waals surface area contributed by atoms with Crippen LogP contribution in [0.15, 0.2) is 57.7 Å². The molecule has 2 heterocycles. The predicted octanol–water partition coefficient (Wildman–Crippen LogP) is 4.29. The molecule has 5 rings (SSSR count). The molecule has 1 N–H and O–H groups in total. The number of nitrogens with one attached hydrogen (secondary N) is 1. The summed E-state index contributed by atoms with van der Waals surface area (Å²) in [6.45, 7) is 6.86. The lowest BCUT2D eigenvalue weighted by Gasteiger charge is -2.48. The van der Waals surface area contributed by atoms with Crippen LogP contribution in [0.3, 0.4) is 0 Å². The van der Waals surface area contributed by atoms with Crippen LogP contribution in [-0.4, -0.2) is 45.6 Å². The van der Waals surface area contributed by atoms with Crippen LogP contribution >= 0.6 is 0 Å². The smallest absolute Gasteiger partial charge is 0.276 e. The summed E-state index contributed by atoms with van der Waals surface area (Å²) in [6.07, 6.45) is 2.33. The molecule has 0 radical (unpaired) electrons. The van der Waals surface area contributed by atoms with Gasteiger partial charge in [0.2, 0.25) is 0 Å². The maximum atomic E-state index is 13.4. The second kappa shape index (κ2) is 9.20. The minimum Gasteiger partial charge on any atom is -0.493 e. The normalized spacial score (nSPS) is 21.8.